The highest BCUT2D eigenvalue weighted by Gasteiger charge is 2.45. The summed E-state index contributed by atoms with van der Waals surface area (Å²) in [5, 5.41) is 22.2. The van der Waals surface area contributed by atoms with Crippen LogP contribution in [0.5, 0.6) is 5.75 Å². The Morgan fingerprint density at radius 2 is 1.82 bits per heavy atom. The van der Waals surface area contributed by atoms with Crippen molar-refractivity contribution in [1.29, 1.82) is 0 Å². The number of aromatic hydroxyl groups is 1. The summed E-state index contributed by atoms with van der Waals surface area (Å²) in [6, 6.07) is 13.7. The van der Waals surface area contributed by atoms with Crippen molar-refractivity contribution in [2.75, 3.05) is 4.90 Å². The quantitative estimate of drug-likeness (QED) is 0.643. The van der Waals surface area contributed by atoms with E-state index in [1.807, 2.05) is 0 Å². The molecule has 2 N–H and O–H groups in total. The van der Waals surface area contributed by atoms with Gasteiger partial charge >= 0.3 is 0 Å². The Balaban J connectivity index is 1.91. The molecule has 0 spiro atoms. The van der Waals surface area contributed by atoms with Crippen molar-refractivity contribution in [2.24, 2.45) is 0 Å². The molecule has 2 heterocycles. The Morgan fingerprint density at radius 1 is 1.04 bits per heavy atom. The molecule has 3 aromatic rings. The van der Waals surface area contributed by atoms with Crippen molar-refractivity contribution >= 4 is 28.7 Å². The van der Waals surface area contributed by atoms with Crippen LogP contribution in [0.2, 0.25) is 0 Å². The molecule has 4 rings (SSSR count). The Bertz CT molecular complexity index is 1110. The predicted molar refractivity (Wildman–Crippen MR) is 103 cm³/mol. The Labute approximate surface area is 163 Å². The van der Waals surface area contributed by atoms with Crippen molar-refractivity contribution < 1.29 is 24.2 Å². The summed E-state index contributed by atoms with van der Waals surface area (Å²) in [6.07, 6.45) is 0. The third-order valence-electron chi connectivity index (χ3n) is 4.47. The molecule has 28 heavy (non-hydrogen) atoms. The van der Waals surface area contributed by atoms with Gasteiger partial charge in [-0.05, 0) is 47.3 Å². The van der Waals surface area contributed by atoms with Crippen molar-refractivity contribution in [1.82, 2.24) is 0 Å². The minimum absolute atomic E-state index is 0.0570. The van der Waals surface area contributed by atoms with Crippen molar-refractivity contribution in [3.63, 3.8) is 0 Å². The van der Waals surface area contributed by atoms with Crippen LogP contribution in [0, 0.1) is 5.82 Å². The SMILES string of the molecule is O=C(C1=C(O)C(=O)N(c2cccc(F)c2)C1c1cccc(O)c1)c1cccs1. The normalized spacial score (nSPS) is 16.7. The zero-order chi connectivity index (χ0) is 19.8. The maximum atomic E-state index is 13.8. The third kappa shape index (κ3) is 2.95. The second-order valence-corrected chi connectivity index (χ2v) is 7.17. The number of Topliss-reactive ketones (excluding diaryl/α,β-unsaturated/α-hetero) is 1. The lowest BCUT2D eigenvalue weighted by Gasteiger charge is -2.27. The number of nitrogens with zero attached hydrogens (tertiary/aromatic N) is 1. The standard InChI is InChI=1S/C21H14FNO4S/c22-13-5-2-6-14(11-13)23-18(12-4-1-7-15(24)10-12)17(20(26)21(23)27)19(25)16-8-3-9-28-16/h1-11,18,24,26H. The molecule has 1 amide bonds. The third-order valence-corrected chi connectivity index (χ3v) is 5.34. The molecule has 7 heteroatoms. The molecule has 140 valence electrons. The van der Waals surface area contributed by atoms with Gasteiger partial charge in [-0.15, -0.1) is 11.3 Å². The number of ketones is 1. The van der Waals surface area contributed by atoms with Crippen LogP contribution in [-0.2, 0) is 4.79 Å². The van der Waals surface area contributed by atoms with Crippen molar-refractivity contribution in [3.8, 4) is 5.75 Å². The fourth-order valence-corrected chi connectivity index (χ4v) is 3.96. The van der Waals surface area contributed by atoms with Crippen LogP contribution in [0.4, 0.5) is 10.1 Å². The van der Waals surface area contributed by atoms with Gasteiger partial charge in [0, 0.05) is 5.69 Å². The molecular weight excluding hydrogens is 381 g/mol. The zero-order valence-corrected chi connectivity index (χ0v) is 15.2. The highest BCUT2D eigenvalue weighted by molar-refractivity contribution is 7.12. The van der Waals surface area contributed by atoms with Crippen molar-refractivity contribution in [3.05, 3.63) is 93.6 Å². The number of carbonyl (C=O) groups is 2. The summed E-state index contributed by atoms with van der Waals surface area (Å²) in [5.41, 5.74) is 0.503. The van der Waals surface area contributed by atoms with Gasteiger partial charge in [0.15, 0.2) is 5.76 Å². The number of halogens is 1. The van der Waals surface area contributed by atoms with Gasteiger partial charge in [0.25, 0.3) is 5.91 Å². The summed E-state index contributed by atoms with van der Waals surface area (Å²) in [7, 11) is 0. The minimum Gasteiger partial charge on any atom is -0.508 e. The highest BCUT2D eigenvalue weighted by atomic mass is 32.1. The van der Waals surface area contributed by atoms with Gasteiger partial charge in [-0.1, -0.05) is 24.3 Å². The summed E-state index contributed by atoms with van der Waals surface area (Å²) < 4.78 is 13.8. The molecule has 1 atom stereocenters. The summed E-state index contributed by atoms with van der Waals surface area (Å²) in [5.74, 6) is -2.60. The van der Waals surface area contributed by atoms with E-state index in [0.29, 0.717) is 10.4 Å². The van der Waals surface area contributed by atoms with E-state index in [4.69, 9.17) is 0 Å². The predicted octanol–water partition coefficient (Wildman–Crippen LogP) is 4.38. The number of rotatable bonds is 4. The first kappa shape index (κ1) is 17.9. The molecule has 0 saturated heterocycles. The molecule has 1 unspecified atom stereocenters. The summed E-state index contributed by atoms with van der Waals surface area (Å²) in [6.45, 7) is 0. The monoisotopic (exact) mass is 395 g/mol. The summed E-state index contributed by atoms with van der Waals surface area (Å²) in [4.78, 5) is 27.4. The molecule has 2 aromatic carbocycles. The molecule has 0 radical (unpaired) electrons. The van der Waals surface area contributed by atoms with E-state index in [0.717, 1.165) is 11.0 Å². The van der Waals surface area contributed by atoms with Crippen LogP contribution in [0.1, 0.15) is 21.3 Å². The minimum atomic E-state index is -1.00. The van der Waals surface area contributed by atoms with E-state index in [2.05, 4.69) is 0 Å². The van der Waals surface area contributed by atoms with E-state index in [-0.39, 0.29) is 17.0 Å². The number of aliphatic hydroxyl groups is 1. The van der Waals surface area contributed by atoms with Gasteiger partial charge in [0.05, 0.1) is 16.5 Å². The number of phenolic OH excluding ortho intramolecular Hbond substituents is 1. The lowest BCUT2D eigenvalue weighted by molar-refractivity contribution is -0.117. The molecule has 5 nitrogen and oxygen atoms in total. The van der Waals surface area contributed by atoms with Crippen LogP contribution in [0.25, 0.3) is 0 Å². The van der Waals surface area contributed by atoms with E-state index in [1.54, 1.807) is 29.6 Å². The number of hydrogen-bond acceptors (Lipinski definition) is 5. The van der Waals surface area contributed by atoms with E-state index in [9.17, 15) is 24.2 Å². The smallest absolute Gasteiger partial charge is 0.294 e. The van der Waals surface area contributed by atoms with Crippen LogP contribution >= 0.6 is 11.3 Å². The molecular formula is C21H14FNO4S. The fraction of sp³-hybridized carbons (Fsp3) is 0.0476. The average molecular weight is 395 g/mol. The largest absolute Gasteiger partial charge is 0.508 e. The van der Waals surface area contributed by atoms with Crippen LogP contribution in [0.3, 0.4) is 0 Å². The van der Waals surface area contributed by atoms with Crippen LogP contribution < -0.4 is 4.90 Å². The number of aliphatic hydroxyl groups excluding tert-OH is 1. The van der Waals surface area contributed by atoms with Gasteiger partial charge in [0.2, 0.25) is 5.78 Å². The van der Waals surface area contributed by atoms with Gasteiger partial charge < -0.3 is 10.2 Å². The number of hydrogen-bond donors (Lipinski definition) is 2. The second-order valence-electron chi connectivity index (χ2n) is 6.22. The number of amides is 1. The molecule has 0 bridgehead atoms. The van der Waals surface area contributed by atoms with Gasteiger partial charge in [-0.3, -0.25) is 14.5 Å². The average Bonchev–Trinajstić information content (AvgIpc) is 3.29. The maximum Gasteiger partial charge on any atom is 0.294 e. The van der Waals surface area contributed by atoms with Crippen LogP contribution in [0.15, 0.2) is 77.4 Å². The molecule has 0 saturated carbocycles. The molecule has 0 aliphatic carbocycles. The lowest BCUT2D eigenvalue weighted by atomic mass is 9.95. The first-order valence-electron chi connectivity index (χ1n) is 8.37. The number of thiophene rings is 1. The van der Waals surface area contributed by atoms with E-state index in [1.165, 1.54) is 41.7 Å². The molecule has 1 aliphatic heterocycles. The number of anilines is 1. The van der Waals surface area contributed by atoms with E-state index < -0.39 is 29.3 Å². The maximum absolute atomic E-state index is 13.8. The fourth-order valence-electron chi connectivity index (χ4n) is 3.28. The Hall–Kier alpha value is -3.45. The Morgan fingerprint density at radius 3 is 2.50 bits per heavy atom. The molecule has 0 fully saturated rings. The summed E-state index contributed by atoms with van der Waals surface area (Å²) >= 11 is 1.19. The number of phenols is 1. The zero-order valence-electron chi connectivity index (χ0n) is 14.4. The number of carbonyl (C=O) groups excluding carboxylic acids is 2. The topological polar surface area (TPSA) is 77.8 Å². The van der Waals surface area contributed by atoms with Crippen molar-refractivity contribution in [2.45, 2.75) is 6.04 Å². The number of benzene rings is 2. The van der Waals surface area contributed by atoms with Crippen LogP contribution in [-0.4, -0.2) is 21.9 Å². The second kappa shape index (κ2) is 6.94. The van der Waals surface area contributed by atoms with Gasteiger partial charge in [0.1, 0.15) is 11.6 Å². The molecule has 1 aliphatic rings. The first-order chi connectivity index (χ1) is 13.5. The first-order valence-corrected chi connectivity index (χ1v) is 9.24. The van der Waals surface area contributed by atoms with E-state index >= 15 is 0 Å². The van der Waals surface area contributed by atoms with Gasteiger partial charge in [-0.2, -0.15) is 0 Å². The lowest BCUT2D eigenvalue weighted by Crippen LogP contribution is -2.31. The highest BCUT2D eigenvalue weighted by Crippen LogP contribution is 2.42. The van der Waals surface area contributed by atoms with Gasteiger partial charge in [-0.25, -0.2) is 4.39 Å². The molecule has 1 aromatic heterocycles. The Kier molecular flexibility index (Phi) is 4.44.